The van der Waals surface area contributed by atoms with E-state index in [1.807, 2.05) is 0 Å². The number of alkyl halides is 1. The Balaban J connectivity index is 2.04. The Hall–Kier alpha value is -0.970. The van der Waals surface area contributed by atoms with Crippen molar-refractivity contribution in [1.82, 2.24) is 15.5 Å². The molecule has 1 N–H and O–H groups in total. The number of aromatic nitrogens is 2. The standard InChI is InChI=1S/C10H12BrN3O/c11-7-10(3-1-4-10)14-9(15)8-2-5-12-13-6-8/h2,5-6H,1,3-4,7H2,(H,14,15). The van der Waals surface area contributed by atoms with E-state index in [-0.39, 0.29) is 11.4 Å². The summed E-state index contributed by atoms with van der Waals surface area (Å²) in [6.45, 7) is 0. The Morgan fingerprint density at radius 1 is 1.53 bits per heavy atom. The van der Waals surface area contributed by atoms with Gasteiger partial charge < -0.3 is 5.32 Å². The van der Waals surface area contributed by atoms with E-state index in [9.17, 15) is 4.79 Å². The SMILES string of the molecule is O=C(NC1(CBr)CCC1)c1ccnnc1. The molecule has 80 valence electrons. The third-order valence-corrected chi connectivity index (χ3v) is 3.86. The van der Waals surface area contributed by atoms with Crippen LogP contribution >= 0.6 is 15.9 Å². The summed E-state index contributed by atoms with van der Waals surface area (Å²) in [6.07, 6.45) is 6.28. The number of rotatable bonds is 3. The molecule has 4 nitrogen and oxygen atoms in total. The van der Waals surface area contributed by atoms with E-state index in [1.54, 1.807) is 6.07 Å². The molecule has 0 bridgehead atoms. The minimum absolute atomic E-state index is 0.0413. The molecule has 0 unspecified atom stereocenters. The van der Waals surface area contributed by atoms with E-state index in [2.05, 4.69) is 31.4 Å². The van der Waals surface area contributed by atoms with Gasteiger partial charge in [0.05, 0.1) is 23.5 Å². The number of hydrogen-bond acceptors (Lipinski definition) is 3. The second-order valence-corrected chi connectivity index (χ2v) is 4.41. The Kier molecular flexibility index (Phi) is 3.00. The summed E-state index contributed by atoms with van der Waals surface area (Å²) >= 11 is 3.44. The topological polar surface area (TPSA) is 54.9 Å². The van der Waals surface area contributed by atoms with Crippen LogP contribution in [0.1, 0.15) is 29.6 Å². The fourth-order valence-corrected chi connectivity index (χ4v) is 2.33. The van der Waals surface area contributed by atoms with Gasteiger partial charge in [-0.2, -0.15) is 10.2 Å². The fraction of sp³-hybridized carbons (Fsp3) is 0.500. The van der Waals surface area contributed by atoms with Gasteiger partial charge in [-0.25, -0.2) is 0 Å². The molecule has 2 rings (SSSR count). The molecular weight excluding hydrogens is 258 g/mol. The highest BCUT2D eigenvalue weighted by molar-refractivity contribution is 9.09. The maximum atomic E-state index is 11.8. The van der Waals surface area contributed by atoms with Gasteiger partial charge in [0.25, 0.3) is 5.91 Å². The summed E-state index contributed by atoms with van der Waals surface area (Å²) in [6, 6.07) is 1.67. The molecule has 15 heavy (non-hydrogen) atoms. The molecule has 1 aliphatic rings. The fourth-order valence-electron chi connectivity index (χ4n) is 1.63. The lowest BCUT2D eigenvalue weighted by molar-refractivity contribution is 0.0856. The summed E-state index contributed by atoms with van der Waals surface area (Å²) in [5, 5.41) is 11.2. The number of carbonyl (C=O) groups is 1. The zero-order valence-corrected chi connectivity index (χ0v) is 9.83. The highest BCUT2D eigenvalue weighted by Crippen LogP contribution is 2.33. The van der Waals surface area contributed by atoms with Gasteiger partial charge in [0.1, 0.15) is 0 Å². The lowest BCUT2D eigenvalue weighted by Gasteiger charge is -2.41. The van der Waals surface area contributed by atoms with Crippen LogP contribution in [0.2, 0.25) is 0 Å². The molecule has 0 atom stereocenters. The normalized spacial score (nSPS) is 17.9. The van der Waals surface area contributed by atoms with Crippen molar-refractivity contribution in [2.75, 3.05) is 5.33 Å². The molecule has 0 saturated heterocycles. The van der Waals surface area contributed by atoms with Crippen molar-refractivity contribution in [1.29, 1.82) is 0 Å². The molecule has 1 amide bonds. The quantitative estimate of drug-likeness (QED) is 0.847. The van der Waals surface area contributed by atoms with Crippen LogP contribution in [0, 0.1) is 0 Å². The molecule has 0 aliphatic heterocycles. The van der Waals surface area contributed by atoms with E-state index >= 15 is 0 Å². The van der Waals surface area contributed by atoms with Crippen molar-refractivity contribution in [3.8, 4) is 0 Å². The lowest BCUT2D eigenvalue weighted by Crippen LogP contribution is -2.54. The van der Waals surface area contributed by atoms with Crippen LogP contribution in [0.25, 0.3) is 0 Å². The molecular formula is C10H12BrN3O. The van der Waals surface area contributed by atoms with Gasteiger partial charge in [0.2, 0.25) is 0 Å². The highest BCUT2D eigenvalue weighted by Gasteiger charge is 2.37. The number of amides is 1. The molecule has 1 aliphatic carbocycles. The van der Waals surface area contributed by atoms with Gasteiger partial charge in [0.15, 0.2) is 0 Å². The second kappa shape index (κ2) is 4.26. The van der Waals surface area contributed by atoms with Crippen molar-refractivity contribution in [2.24, 2.45) is 0 Å². The van der Waals surface area contributed by atoms with Gasteiger partial charge >= 0.3 is 0 Å². The van der Waals surface area contributed by atoms with E-state index in [1.165, 1.54) is 18.8 Å². The first kappa shape index (κ1) is 10.5. The maximum Gasteiger partial charge on any atom is 0.253 e. The molecule has 1 aromatic heterocycles. The molecule has 0 spiro atoms. The molecule has 0 radical (unpaired) electrons. The average molecular weight is 270 g/mol. The van der Waals surface area contributed by atoms with E-state index in [4.69, 9.17) is 0 Å². The monoisotopic (exact) mass is 269 g/mol. The van der Waals surface area contributed by atoms with Crippen molar-refractivity contribution in [3.63, 3.8) is 0 Å². The van der Waals surface area contributed by atoms with Crippen molar-refractivity contribution in [3.05, 3.63) is 24.0 Å². The maximum absolute atomic E-state index is 11.8. The first-order chi connectivity index (χ1) is 7.26. The summed E-state index contributed by atoms with van der Waals surface area (Å²) < 4.78 is 0. The second-order valence-electron chi connectivity index (χ2n) is 3.85. The van der Waals surface area contributed by atoms with Gasteiger partial charge in [-0.3, -0.25) is 4.79 Å². The van der Waals surface area contributed by atoms with Crippen LogP contribution in [-0.2, 0) is 0 Å². The van der Waals surface area contributed by atoms with Crippen LogP contribution in [-0.4, -0.2) is 27.0 Å². The largest absolute Gasteiger partial charge is 0.346 e. The van der Waals surface area contributed by atoms with Gasteiger partial charge in [-0.1, -0.05) is 15.9 Å². The van der Waals surface area contributed by atoms with Gasteiger partial charge in [-0.15, -0.1) is 0 Å². The minimum atomic E-state index is -0.0657. The minimum Gasteiger partial charge on any atom is -0.346 e. The molecule has 1 heterocycles. The summed E-state index contributed by atoms with van der Waals surface area (Å²) in [5.74, 6) is -0.0657. The number of hydrogen-bond donors (Lipinski definition) is 1. The van der Waals surface area contributed by atoms with E-state index < -0.39 is 0 Å². The first-order valence-corrected chi connectivity index (χ1v) is 6.03. The number of nitrogens with one attached hydrogen (secondary N) is 1. The van der Waals surface area contributed by atoms with Crippen molar-refractivity contribution < 1.29 is 4.79 Å². The third kappa shape index (κ3) is 2.17. The molecule has 1 saturated carbocycles. The Morgan fingerprint density at radius 2 is 2.33 bits per heavy atom. The lowest BCUT2D eigenvalue weighted by atomic mass is 9.78. The average Bonchev–Trinajstić information content (AvgIpc) is 2.24. The van der Waals surface area contributed by atoms with Crippen molar-refractivity contribution in [2.45, 2.75) is 24.8 Å². The van der Waals surface area contributed by atoms with Gasteiger partial charge in [-0.05, 0) is 25.3 Å². The molecule has 5 heteroatoms. The van der Waals surface area contributed by atoms with Crippen LogP contribution in [0.4, 0.5) is 0 Å². The number of halogens is 1. The zero-order valence-electron chi connectivity index (χ0n) is 8.24. The van der Waals surface area contributed by atoms with E-state index in [0.717, 1.165) is 18.2 Å². The summed E-state index contributed by atoms with van der Waals surface area (Å²) in [4.78, 5) is 11.8. The predicted octanol–water partition coefficient (Wildman–Crippen LogP) is 1.52. The number of carbonyl (C=O) groups excluding carboxylic acids is 1. The van der Waals surface area contributed by atoms with E-state index in [0.29, 0.717) is 5.56 Å². The molecule has 1 aromatic rings. The first-order valence-electron chi connectivity index (χ1n) is 4.91. The summed E-state index contributed by atoms with van der Waals surface area (Å²) in [5.41, 5.74) is 0.526. The smallest absolute Gasteiger partial charge is 0.253 e. The van der Waals surface area contributed by atoms with Gasteiger partial charge in [0, 0.05) is 5.33 Å². The highest BCUT2D eigenvalue weighted by atomic mass is 79.9. The summed E-state index contributed by atoms with van der Waals surface area (Å²) in [7, 11) is 0. The van der Waals surface area contributed by atoms with Crippen molar-refractivity contribution >= 4 is 21.8 Å². The van der Waals surface area contributed by atoms with Crippen LogP contribution in [0.15, 0.2) is 18.5 Å². The Labute approximate surface area is 96.6 Å². The van der Waals surface area contributed by atoms with Crippen LogP contribution in [0.5, 0.6) is 0 Å². The van der Waals surface area contributed by atoms with Crippen LogP contribution in [0.3, 0.4) is 0 Å². The molecule has 0 aromatic carbocycles. The molecule has 1 fully saturated rings. The number of nitrogens with zero attached hydrogens (tertiary/aromatic N) is 2. The zero-order chi connectivity index (χ0) is 10.7. The Bertz CT molecular complexity index is 345. The Morgan fingerprint density at radius 3 is 2.80 bits per heavy atom. The predicted molar refractivity (Wildman–Crippen MR) is 59.9 cm³/mol. The van der Waals surface area contributed by atoms with Crippen LogP contribution < -0.4 is 5.32 Å². The third-order valence-electron chi connectivity index (χ3n) is 2.79.